The molecule has 1 amide bonds. The van der Waals surface area contributed by atoms with Gasteiger partial charge in [-0.05, 0) is 68.3 Å². The van der Waals surface area contributed by atoms with E-state index < -0.39 is 0 Å². The van der Waals surface area contributed by atoms with Crippen LogP contribution in [0, 0.1) is 13.8 Å². The third-order valence-corrected chi connectivity index (χ3v) is 3.19. The number of amides is 1. The molecule has 20 heavy (non-hydrogen) atoms. The van der Waals surface area contributed by atoms with Gasteiger partial charge in [0.25, 0.3) is 5.91 Å². The number of benzene rings is 2. The monoisotopic (exact) mass is 269 g/mol. The average Bonchev–Trinajstić information content (AvgIpc) is 2.44. The molecule has 0 spiro atoms. The van der Waals surface area contributed by atoms with Gasteiger partial charge in [0.15, 0.2) is 0 Å². The quantitative estimate of drug-likeness (QED) is 0.912. The molecule has 3 nitrogen and oxygen atoms in total. The van der Waals surface area contributed by atoms with Crippen LogP contribution in [0.15, 0.2) is 42.5 Å². The average molecular weight is 269 g/mol. The van der Waals surface area contributed by atoms with Crippen LogP contribution in [0.1, 0.15) is 28.4 Å². The maximum absolute atomic E-state index is 12.1. The number of hydrogen-bond acceptors (Lipinski definition) is 2. The molecule has 2 aromatic rings. The van der Waals surface area contributed by atoms with Gasteiger partial charge in [-0.25, -0.2) is 0 Å². The zero-order valence-corrected chi connectivity index (χ0v) is 12.1. The van der Waals surface area contributed by atoms with Gasteiger partial charge in [0, 0.05) is 11.3 Å². The lowest BCUT2D eigenvalue weighted by Gasteiger charge is -2.08. The minimum atomic E-state index is -0.0998. The van der Waals surface area contributed by atoms with Gasteiger partial charge < -0.3 is 10.1 Å². The largest absolute Gasteiger partial charge is 0.494 e. The van der Waals surface area contributed by atoms with E-state index in [0.29, 0.717) is 12.2 Å². The van der Waals surface area contributed by atoms with E-state index in [-0.39, 0.29) is 5.91 Å². The first-order chi connectivity index (χ1) is 9.60. The van der Waals surface area contributed by atoms with Crippen LogP contribution in [0.5, 0.6) is 5.75 Å². The van der Waals surface area contributed by atoms with E-state index in [2.05, 4.69) is 5.32 Å². The zero-order chi connectivity index (χ0) is 14.5. The number of carbonyl (C=O) groups excluding carboxylic acids is 1. The van der Waals surface area contributed by atoms with Crippen molar-refractivity contribution in [3.63, 3.8) is 0 Å². The van der Waals surface area contributed by atoms with Gasteiger partial charge in [0.2, 0.25) is 0 Å². The summed E-state index contributed by atoms with van der Waals surface area (Å²) in [5, 5.41) is 2.88. The van der Waals surface area contributed by atoms with Crippen LogP contribution in [0.3, 0.4) is 0 Å². The Morgan fingerprint density at radius 3 is 2.35 bits per heavy atom. The summed E-state index contributed by atoms with van der Waals surface area (Å²) in [4.78, 5) is 12.1. The second kappa shape index (κ2) is 6.24. The van der Waals surface area contributed by atoms with E-state index >= 15 is 0 Å². The summed E-state index contributed by atoms with van der Waals surface area (Å²) < 4.78 is 5.37. The summed E-state index contributed by atoms with van der Waals surface area (Å²) in [6.45, 7) is 6.61. The van der Waals surface area contributed by atoms with Crippen molar-refractivity contribution in [2.45, 2.75) is 20.8 Å². The number of rotatable bonds is 4. The molecule has 0 saturated carbocycles. The van der Waals surface area contributed by atoms with Gasteiger partial charge in [-0.1, -0.05) is 6.07 Å². The van der Waals surface area contributed by atoms with E-state index in [4.69, 9.17) is 4.74 Å². The number of carbonyl (C=O) groups is 1. The molecular formula is C17H19NO2. The molecule has 2 rings (SSSR count). The third kappa shape index (κ3) is 3.38. The molecule has 0 atom stereocenters. The minimum Gasteiger partial charge on any atom is -0.494 e. The first-order valence-corrected chi connectivity index (χ1v) is 6.71. The molecule has 0 aliphatic heterocycles. The molecule has 1 N–H and O–H groups in total. The fourth-order valence-electron chi connectivity index (χ4n) is 1.89. The lowest BCUT2D eigenvalue weighted by molar-refractivity contribution is 0.102. The van der Waals surface area contributed by atoms with Crippen LogP contribution in [0.25, 0.3) is 0 Å². The zero-order valence-electron chi connectivity index (χ0n) is 12.1. The fraction of sp³-hybridized carbons (Fsp3) is 0.235. The Kier molecular flexibility index (Phi) is 4.41. The van der Waals surface area contributed by atoms with Crippen molar-refractivity contribution in [3.05, 3.63) is 59.2 Å². The van der Waals surface area contributed by atoms with Crippen LogP contribution in [-0.4, -0.2) is 12.5 Å². The number of ether oxygens (including phenoxy) is 1. The lowest BCUT2D eigenvalue weighted by Crippen LogP contribution is -2.12. The Morgan fingerprint density at radius 1 is 1.05 bits per heavy atom. The normalized spacial score (nSPS) is 10.2. The molecule has 0 aliphatic carbocycles. The summed E-state index contributed by atoms with van der Waals surface area (Å²) >= 11 is 0. The second-order valence-electron chi connectivity index (χ2n) is 4.71. The van der Waals surface area contributed by atoms with Gasteiger partial charge in [0.05, 0.1) is 6.61 Å². The Balaban J connectivity index is 2.08. The van der Waals surface area contributed by atoms with Gasteiger partial charge in [0.1, 0.15) is 5.75 Å². The maximum atomic E-state index is 12.1. The topological polar surface area (TPSA) is 38.3 Å². The van der Waals surface area contributed by atoms with Crippen molar-refractivity contribution < 1.29 is 9.53 Å². The van der Waals surface area contributed by atoms with Crippen LogP contribution < -0.4 is 10.1 Å². The SMILES string of the molecule is CCOc1ccc(NC(=O)c2ccc(C)c(C)c2)cc1. The maximum Gasteiger partial charge on any atom is 0.255 e. The van der Waals surface area contributed by atoms with E-state index in [1.807, 2.05) is 63.2 Å². The molecule has 0 aliphatic rings. The van der Waals surface area contributed by atoms with Gasteiger partial charge in [-0.15, -0.1) is 0 Å². The predicted octanol–water partition coefficient (Wildman–Crippen LogP) is 3.95. The van der Waals surface area contributed by atoms with E-state index in [9.17, 15) is 4.79 Å². The first kappa shape index (κ1) is 14.1. The smallest absolute Gasteiger partial charge is 0.255 e. The lowest BCUT2D eigenvalue weighted by atomic mass is 10.1. The van der Waals surface area contributed by atoms with Crippen molar-refractivity contribution in [2.75, 3.05) is 11.9 Å². The van der Waals surface area contributed by atoms with Crippen molar-refractivity contribution in [1.29, 1.82) is 0 Å². The molecule has 0 saturated heterocycles. The van der Waals surface area contributed by atoms with Gasteiger partial charge in [-0.3, -0.25) is 4.79 Å². The van der Waals surface area contributed by atoms with E-state index in [1.165, 1.54) is 5.56 Å². The summed E-state index contributed by atoms with van der Waals surface area (Å²) in [7, 11) is 0. The highest BCUT2D eigenvalue weighted by atomic mass is 16.5. The Labute approximate surface area is 119 Å². The Hall–Kier alpha value is -2.29. The number of hydrogen-bond donors (Lipinski definition) is 1. The van der Waals surface area contributed by atoms with Crippen molar-refractivity contribution in [2.24, 2.45) is 0 Å². The van der Waals surface area contributed by atoms with Crippen LogP contribution in [0.2, 0.25) is 0 Å². The number of nitrogens with one attached hydrogen (secondary N) is 1. The molecule has 0 radical (unpaired) electrons. The van der Waals surface area contributed by atoms with Crippen molar-refractivity contribution >= 4 is 11.6 Å². The van der Waals surface area contributed by atoms with Crippen molar-refractivity contribution in [3.8, 4) is 5.75 Å². The highest BCUT2D eigenvalue weighted by molar-refractivity contribution is 6.04. The number of aryl methyl sites for hydroxylation is 2. The molecule has 0 fully saturated rings. The standard InChI is InChI=1S/C17H19NO2/c1-4-20-16-9-7-15(8-10-16)18-17(19)14-6-5-12(2)13(3)11-14/h5-11H,4H2,1-3H3,(H,18,19). The first-order valence-electron chi connectivity index (χ1n) is 6.71. The highest BCUT2D eigenvalue weighted by Gasteiger charge is 2.07. The third-order valence-electron chi connectivity index (χ3n) is 3.19. The highest BCUT2D eigenvalue weighted by Crippen LogP contribution is 2.17. The van der Waals surface area contributed by atoms with E-state index in [0.717, 1.165) is 17.0 Å². The number of anilines is 1. The van der Waals surface area contributed by atoms with Crippen LogP contribution in [0.4, 0.5) is 5.69 Å². The Morgan fingerprint density at radius 2 is 1.75 bits per heavy atom. The Bertz CT molecular complexity index is 603. The summed E-state index contributed by atoms with van der Waals surface area (Å²) in [5.41, 5.74) is 3.73. The predicted molar refractivity (Wildman–Crippen MR) is 81.5 cm³/mol. The summed E-state index contributed by atoms with van der Waals surface area (Å²) in [5.74, 6) is 0.703. The second-order valence-corrected chi connectivity index (χ2v) is 4.71. The van der Waals surface area contributed by atoms with Gasteiger partial charge >= 0.3 is 0 Å². The molecule has 0 heterocycles. The molecule has 0 bridgehead atoms. The van der Waals surface area contributed by atoms with Gasteiger partial charge in [-0.2, -0.15) is 0 Å². The minimum absolute atomic E-state index is 0.0998. The van der Waals surface area contributed by atoms with Crippen LogP contribution in [-0.2, 0) is 0 Å². The molecule has 2 aromatic carbocycles. The molecule has 104 valence electrons. The summed E-state index contributed by atoms with van der Waals surface area (Å²) in [6, 6.07) is 13.1. The van der Waals surface area contributed by atoms with Crippen LogP contribution >= 0.6 is 0 Å². The summed E-state index contributed by atoms with van der Waals surface area (Å²) in [6.07, 6.45) is 0. The molecule has 0 aromatic heterocycles. The fourth-order valence-corrected chi connectivity index (χ4v) is 1.89. The molecular weight excluding hydrogens is 250 g/mol. The van der Waals surface area contributed by atoms with Crippen molar-refractivity contribution in [1.82, 2.24) is 0 Å². The van der Waals surface area contributed by atoms with E-state index in [1.54, 1.807) is 0 Å². The molecule has 0 unspecified atom stereocenters. The molecule has 3 heteroatoms.